The van der Waals surface area contributed by atoms with E-state index in [1.54, 1.807) is 0 Å². The maximum atomic E-state index is 13.6. The number of ether oxygens (including phenoxy) is 3. The first kappa shape index (κ1) is 17.9. The third kappa shape index (κ3) is 4.20. The van der Waals surface area contributed by atoms with Gasteiger partial charge in [0.2, 0.25) is 0 Å². The lowest BCUT2D eigenvalue weighted by atomic mass is 10.2. The lowest BCUT2D eigenvalue weighted by Gasteiger charge is -2.22. The molecule has 0 amide bonds. The van der Waals surface area contributed by atoms with E-state index in [1.807, 2.05) is 0 Å². The van der Waals surface area contributed by atoms with Crippen LogP contribution in [0.15, 0.2) is 24.4 Å². The van der Waals surface area contributed by atoms with E-state index in [2.05, 4.69) is 9.72 Å². The number of nitro groups is 1. The van der Waals surface area contributed by atoms with E-state index in [1.165, 1.54) is 16.8 Å². The molecule has 0 aliphatic carbocycles. The number of halogens is 4. The predicted octanol–water partition coefficient (Wildman–Crippen LogP) is 2.81. The molecule has 3 rings (SSSR count). The fraction of sp³-hybridized carbons (Fsp3) is 0.357. The topological polar surface area (TPSA) is 88.7 Å². The highest BCUT2D eigenvalue weighted by Gasteiger charge is 2.32. The number of benzene rings is 1. The Bertz CT molecular complexity index is 823. The van der Waals surface area contributed by atoms with Crippen LogP contribution in [0.1, 0.15) is 5.56 Å². The molecule has 0 radical (unpaired) electrons. The molecular weight excluding hydrogens is 366 g/mol. The van der Waals surface area contributed by atoms with Gasteiger partial charge < -0.3 is 24.3 Å². The Labute approximate surface area is 143 Å². The van der Waals surface area contributed by atoms with Crippen LogP contribution < -0.4 is 9.47 Å². The maximum Gasteiger partial charge on any atom is 0.573 e. The monoisotopic (exact) mass is 377 g/mol. The van der Waals surface area contributed by atoms with Gasteiger partial charge in [-0.05, 0) is 22.6 Å². The van der Waals surface area contributed by atoms with Crippen molar-refractivity contribution in [2.24, 2.45) is 0 Å². The molecule has 0 saturated heterocycles. The minimum absolute atomic E-state index is 0.0753. The fourth-order valence-corrected chi connectivity index (χ4v) is 2.32. The second kappa shape index (κ2) is 6.78. The highest BCUT2D eigenvalue weighted by atomic mass is 19.4. The van der Waals surface area contributed by atoms with Gasteiger partial charge in [-0.2, -0.15) is 0 Å². The van der Waals surface area contributed by atoms with Crippen molar-refractivity contribution in [3.63, 3.8) is 0 Å². The number of rotatable bonds is 5. The quantitative estimate of drug-likeness (QED) is 0.452. The number of hydrogen-bond donors (Lipinski definition) is 0. The summed E-state index contributed by atoms with van der Waals surface area (Å²) in [4.78, 5) is 13.7. The summed E-state index contributed by atoms with van der Waals surface area (Å²) in [6.45, 7) is 0.212. The van der Waals surface area contributed by atoms with Gasteiger partial charge in [-0.25, -0.2) is 4.39 Å². The van der Waals surface area contributed by atoms with E-state index in [-0.39, 0.29) is 31.6 Å². The van der Waals surface area contributed by atoms with E-state index in [4.69, 9.17) is 9.47 Å². The van der Waals surface area contributed by atoms with Gasteiger partial charge >= 0.3 is 18.2 Å². The molecule has 2 aromatic rings. The van der Waals surface area contributed by atoms with E-state index in [9.17, 15) is 27.7 Å². The van der Waals surface area contributed by atoms with Gasteiger partial charge in [0, 0.05) is 4.98 Å². The Morgan fingerprint density at radius 3 is 2.85 bits per heavy atom. The molecular formula is C14H11F4N3O5. The highest BCUT2D eigenvalue weighted by Crippen LogP contribution is 2.27. The summed E-state index contributed by atoms with van der Waals surface area (Å²) in [5.74, 6) is -2.46. The van der Waals surface area contributed by atoms with Crippen LogP contribution >= 0.6 is 0 Å². The van der Waals surface area contributed by atoms with Crippen molar-refractivity contribution in [3.8, 4) is 11.8 Å². The molecule has 0 unspecified atom stereocenters. The number of aromatic nitrogens is 2. The van der Waals surface area contributed by atoms with Crippen LogP contribution in [0.25, 0.3) is 0 Å². The Morgan fingerprint density at radius 1 is 1.42 bits per heavy atom. The number of imidazole rings is 1. The van der Waals surface area contributed by atoms with Crippen LogP contribution in [-0.2, 0) is 17.9 Å². The summed E-state index contributed by atoms with van der Waals surface area (Å²) >= 11 is 0. The zero-order valence-corrected chi connectivity index (χ0v) is 12.9. The SMILES string of the molecule is O=[N+]([O-])c1cn2c(n1)OC[C@@H](OCc1ccc(OC(F)(F)F)c(F)c1)C2. The van der Waals surface area contributed by atoms with Crippen molar-refractivity contribution in [1.29, 1.82) is 0 Å². The van der Waals surface area contributed by atoms with Crippen LogP contribution in [-0.4, -0.2) is 33.5 Å². The Hall–Kier alpha value is -2.89. The normalized spacial score (nSPS) is 16.7. The zero-order valence-electron chi connectivity index (χ0n) is 12.9. The van der Waals surface area contributed by atoms with Gasteiger partial charge in [0.1, 0.15) is 18.9 Å². The molecule has 1 aromatic heterocycles. The summed E-state index contributed by atoms with van der Waals surface area (Å²) in [5, 5.41) is 10.7. The number of alkyl halides is 3. The summed E-state index contributed by atoms with van der Waals surface area (Å²) < 4.78 is 65.7. The van der Waals surface area contributed by atoms with Gasteiger partial charge in [-0.3, -0.25) is 4.57 Å². The van der Waals surface area contributed by atoms with Gasteiger partial charge in [0.15, 0.2) is 11.6 Å². The van der Waals surface area contributed by atoms with Crippen LogP contribution in [0.5, 0.6) is 11.8 Å². The molecule has 8 nitrogen and oxygen atoms in total. The molecule has 1 aliphatic heterocycles. The first-order valence-corrected chi connectivity index (χ1v) is 7.21. The zero-order chi connectivity index (χ0) is 18.9. The van der Waals surface area contributed by atoms with Crippen molar-refractivity contribution < 1.29 is 36.7 Å². The smallest absolute Gasteiger partial charge is 0.443 e. The third-order valence-electron chi connectivity index (χ3n) is 3.42. The van der Waals surface area contributed by atoms with Crippen LogP contribution in [0.4, 0.5) is 23.4 Å². The Kier molecular flexibility index (Phi) is 4.68. The molecule has 1 aromatic carbocycles. The van der Waals surface area contributed by atoms with Crippen molar-refractivity contribution in [2.75, 3.05) is 6.61 Å². The third-order valence-corrected chi connectivity index (χ3v) is 3.42. The van der Waals surface area contributed by atoms with Crippen molar-refractivity contribution in [1.82, 2.24) is 9.55 Å². The average molecular weight is 377 g/mol. The number of nitrogens with zero attached hydrogens (tertiary/aromatic N) is 3. The molecule has 12 heteroatoms. The molecule has 1 aliphatic rings. The van der Waals surface area contributed by atoms with E-state index in [0.717, 1.165) is 12.1 Å². The van der Waals surface area contributed by atoms with Crippen LogP contribution in [0, 0.1) is 15.9 Å². The van der Waals surface area contributed by atoms with E-state index >= 15 is 0 Å². The summed E-state index contributed by atoms with van der Waals surface area (Å²) in [5.41, 5.74) is 0.291. The Morgan fingerprint density at radius 2 is 2.19 bits per heavy atom. The van der Waals surface area contributed by atoms with Gasteiger partial charge in [-0.1, -0.05) is 6.07 Å². The minimum atomic E-state index is -4.98. The standard InChI is InChI=1S/C14H11F4N3O5/c15-10-3-8(1-2-11(10)26-14(16,17)18)6-24-9-4-20-5-12(21(22)23)19-13(20)25-7-9/h1-3,5,9H,4,6-7H2/t9-/m0/s1. The molecule has 0 N–H and O–H groups in total. The van der Waals surface area contributed by atoms with Gasteiger partial charge in [0.05, 0.1) is 13.2 Å². The first-order chi connectivity index (χ1) is 12.2. The van der Waals surface area contributed by atoms with Crippen LogP contribution in [0.3, 0.4) is 0 Å². The van der Waals surface area contributed by atoms with Gasteiger partial charge in [0.25, 0.3) is 0 Å². The van der Waals surface area contributed by atoms with Crippen molar-refractivity contribution >= 4 is 5.82 Å². The lowest BCUT2D eigenvalue weighted by Crippen LogP contribution is -2.32. The fourth-order valence-electron chi connectivity index (χ4n) is 2.32. The largest absolute Gasteiger partial charge is 0.573 e. The Balaban J connectivity index is 1.59. The number of hydrogen-bond acceptors (Lipinski definition) is 6. The summed E-state index contributed by atoms with van der Waals surface area (Å²) in [6, 6.07) is 3.06. The summed E-state index contributed by atoms with van der Waals surface area (Å²) in [7, 11) is 0. The van der Waals surface area contributed by atoms with Crippen LogP contribution in [0.2, 0.25) is 0 Å². The van der Waals surface area contributed by atoms with Gasteiger partial charge in [-0.15, -0.1) is 13.2 Å². The molecule has 1 atom stereocenters. The van der Waals surface area contributed by atoms with E-state index in [0.29, 0.717) is 5.56 Å². The lowest BCUT2D eigenvalue weighted by molar-refractivity contribution is -0.389. The van der Waals surface area contributed by atoms with Crippen molar-refractivity contribution in [3.05, 3.63) is 45.9 Å². The molecule has 2 heterocycles. The molecule has 0 spiro atoms. The molecule has 0 saturated carbocycles. The molecule has 26 heavy (non-hydrogen) atoms. The second-order valence-electron chi connectivity index (χ2n) is 5.35. The van der Waals surface area contributed by atoms with Crippen molar-refractivity contribution in [2.45, 2.75) is 25.6 Å². The molecule has 140 valence electrons. The minimum Gasteiger partial charge on any atom is -0.443 e. The average Bonchev–Trinajstić information content (AvgIpc) is 2.97. The summed E-state index contributed by atoms with van der Waals surface area (Å²) in [6.07, 6.45) is -4.28. The first-order valence-electron chi connectivity index (χ1n) is 7.21. The maximum absolute atomic E-state index is 13.6. The highest BCUT2D eigenvalue weighted by molar-refractivity contribution is 5.29. The molecule has 0 bridgehead atoms. The number of fused-ring (bicyclic) bond motifs is 1. The second-order valence-corrected chi connectivity index (χ2v) is 5.35. The molecule has 0 fully saturated rings. The van der Waals surface area contributed by atoms with E-state index < -0.39 is 29.0 Å². The predicted molar refractivity (Wildman–Crippen MR) is 76.0 cm³/mol.